The summed E-state index contributed by atoms with van der Waals surface area (Å²) >= 11 is 7.47. The van der Waals surface area contributed by atoms with E-state index in [1.807, 2.05) is 24.7 Å². The van der Waals surface area contributed by atoms with Crippen LogP contribution in [0.5, 0.6) is 0 Å². The first-order valence-corrected chi connectivity index (χ1v) is 9.08. The van der Waals surface area contributed by atoms with Gasteiger partial charge in [-0.3, -0.25) is 0 Å². The first kappa shape index (κ1) is 16.1. The summed E-state index contributed by atoms with van der Waals surface area (Å²) in [6.07, 6.45) is 8.44. The van der Waals surface area contributed by atoms with Gasteiger partial charge in [-0.15, -0.1) is 11.3 Å². The van der Waals surface area contributed by atoms with Crippen molar-refractivity contribution in [2.75, 3.05) is 5.32 Å². The van der Waals surface area contributed by atoms with Crippen molar-refractivity contribution in [1.82, 2.24) is 19.9 Å². The van der Waals surface area contributed by atoms with Crippen LogP contribution >= 0.6 is 22.9 Å². The Kier molecular flexibility index (Phi) is 4.38. The minimum Gasteiger partial charge on any atom is -0.357 e. The van der Waals surface area contributed by atoms with E-state index in [1.54, 1.807) is 23.6 Å². The second-order valence-corrected chi connectivity index (χ2v) is 7.38. The Bertz CT molecular complexity index is 1010. The van der Waals surface area contributed by atoms with Gasteiger partial charge in [-0.25, -0.2) is 15.0 Å². The summed E-state index contributed by atoms with van der Waals surface area (Å²) < 4.78 is 0. The zero-order valence-corrected chi connectivity index (χ0v) is 15.2. The third-order valence-corrected chi connectivity index (χ3v) is 5.08. The van der Waals surface area contributed by atoms with Crippen LogP contribution in [0.1, 0.15) is 21.6 Å². The van der Waals surface area contributed by atoms with Crippen LogP contribution < -0.4 is 5.32 Å². The second kappa shape index (κ2) is 6.82. The Morgan fingerprint density at radius 3 is 2.92 bits per heavy atom. The third kappa shape index (κ3) is 3.65. The van der Waals surface area contributed by atoms with Crippen molar-refractivity contribution in [3.05, 3.63) is 69.7 Å². The summed E-state index contributed by atoms with van der Waals surface area (Å²) in [6, 6.07) is 5.92. The van der Waals surface area contributed by atoms with Crippen molar-refractivity contribution in [1.29, 1.82) is 0 Å². The molecule has 4 aromatic heterocycles. The molecule has 0 radical (unpaired) electrons. The molecule has 0 unspecified atom stereocenters. The van der Waals surface area contributed by atoms with Gasteiger partial charge in [0.25, 0.3) is 0 Å². The molecule has 126 valence electrons. The second-order valence-electron chi connectivity index (χ2n) is 5.87. The lowest BCUT2D eigenvalue weighted by molar-refractivity contribution is 1.10. The topological polar surface area (TPSA) is 66.5 Å². The summed E-state index contributed by atoms with van der Waals surface area (Å²) in [5.74, 6) is 0. The normalized spacial score (nSPS) is 11.1. The first-order valence-electron chi connectivity index (χ1n) is 7.89. The molecule has 25 heavy (non-hydrogen) atoms. The number of hydrogen-bond donors (Lipinski definition) is 2. The highest BCUT2D eigenvalue weighted by Crippen LogP contribution is 2.25. The van der Waals surface area contributed by atoms with Gasteiger partial charge in [-0.2, -0.15) is 0 Å². The number of anilines is 1. The van der Waals surface area contributed by atoms with Gasteiger partial charge in [0, 0.05) is 48.0 Å². The Hall–Kier alpha value is -2.44. The highest BCUT2D eigenvalue weighted by Gasteiger charge is 2.09. The van der Waals surface area contributed by atoms with Gasteiger partial charge in [-0.05, 0) is 35.7 Å². The van der Waals surface area contributed by atoms with Crippen LogP contribution in [0.3, 0.4) is 0 Å². The smallest absolute Gasteiger partial charge is 0.183 e. The van der Waals surface area contributed by atoms with Gasteiger partial charge in [-0.1, -0.05) is 17.7 Å². The van der Waals surface area contributed by atoms with Crippen molar-refractivity contribution < 1.29 is 0 Å². The van der Waals surface area contributed by atoms with E-state index in [4.69, 9.17) is 11.6 Å². The van der Waals surface area contributed by atoms with Gasteiger partial charge in [0.1, 0.15) is 10.8 Å². The molecule has 2 N–H and O–H groups in total. The zero-order chi connectivity index (χ0) is 17.2. The van der Waals surface area contributed by atoms with E-state index in [0.29, 0.717) is 11.7 Å². The number of rotatable bonds is 5. The lowest BCUT2D eigenvalue weighted by Crippen LogP contribution is -1.98. The highest BCUT2D eigenvalue weighted by molar-refractivity contribution is 7.15. The lowest BCUT2D eigenvalue weighted by Gasteiger charge is -2.02. The van der Waals surface area contributed by atoms with Crippen molar-refractivity contribution in [3.8, 4) is 0 Å². The van der Waals surface area contributed by atoms with E-state index in [9.17, 15) is 0 Å². The summed E-state index contributed by atoms with van der Waals surface area (Å²) in [5.41, 5.74) is 4.40. The van der Waals surface area contributed by atoms with Gasteiger partial charge in [0.15, 0.2) is 5.13 Å². The van der Waals surface area contributed by atoms with Gasteiger partial charge in [0.2, 0.25) is 0 Å². The fourth-order valence-corrected chi connectivity index (χ4v) is 3.60. The van der Waals surface area contributed by atoms with Crippen LogP contribution in [-0.2, 0) is 13.0 Å². The predicted octanol–water partition coefficient (Wildman–Crippen LogP) is 4.58. The van der Waals surface area contributed by atoms with Gasteiger partial charge < -0.3 is 10.3 Å². The van der Waals surface area contributed by atoms with Crippen LogP contribution in [0.2, 0.25) is 5.15 Å². The number of thiazole rings is 1. The van der Waals surface area contributed by atoms with E-state index < -0.39 is 0 Å². The number of hydrogen-bond acceptors (Lipinski definition) is 5. The molecule has 7 heteroatoms. The minimum atomic E-state index is 0.503. The molecule has 0 aliphatic heterocycles. The molecule has 0 saturated carbocycles. The number of aromatic nitrogens is 4. The van der Waals surface area contributed by atoms with Crippen LogP contribution in [0.25, 0.3) is 11.0 Å². The summed E-state index contributed by atoms with van der Waals surface area (Å²) in [4.78, 5) is 17.4. The zero-order valence-electron chi connectivity index (χ0n) is 13.6. The van der Waals surface area contributed by atoms with Gasteiger partial charge >= 0.3 is 0 Å². The Morgan fingerprint density at radius 2 is 2.08 bits per heavy atom. The Balaban J connectivity index is 1.45. The molecule has 0 bridgehead atoms. The SMILES string of the molecule is Cc1cnc2[nH]cc(Cc3cnc(NCc4ccc(Cl)nc4)s3)c2c1. The van der Waals surface area contributed by atoms with Crippen molar-refractivity contribution >= 4 is 39.1 Å². The third-order valence-electron chi connectivity index (χ3n) is 3.90. The number of nitrogens with zero attached hydrogens (tertiary/aromatic N) is 3. The molecule has 0 fully saturated rings. The number of aromatic amines is 1. The van der Waals surface area contributed by atoms with Crippen molar-refractivity contribution in [2.45, 2.75) is 19.9 Å². The largest absolute Gasteiger partial charge is 0.357 e. The molecule has 4 aromatic rings. The number of pyridine rings is 2. The molecule has 0 amide bonds. The van der Waals surface area contributed by atoms with Crippen LogP contribution in [0.15, 0.2) is 43.0 Å². The fraction of sp³-hybridized carbons (Fsp3) is 0.167. The van der Waals surface area contributed by atoms with Crippen LogP contribution in [0.4, 0.5) is 5.13 Å². The number of halogens is 1. The molecule has 0 spiro atoms. The molecule has 5 nitrogen and oxygen atoms in total. The molecule has 0 aromatic carbocycles. The number of aryl methyl sites for hydroxylation is 1. The van der Waals surface area contributed by atoms with E-state index in [1.165, 1.54) is 15.8 Å². The fourth-order valence-electron chi connectivity index (χ4n) is 2.66. The maximum absolute atomic E-state index is 5.80. The number of nitrogens with one attached hydrogen (secondary N) is 2. The quantitative estimate of drug-likeness (QED) is 0.505. The molecular formula is C18H16ClN5S. The Labute approximate surface area is 154 Å². The maximum Gasteiger partial charge on any atom is 0.183 e. The molecule has 0 saturated heterocycles. The van der Waals surface area contributed by atoms with Crippen molar-refractivity contribution in [2.24, 2.45) is 0 Å². The molecule has 0 atom stereocenters. The van der Waals surface area contributed by atoms with E-state index >= 15 is 0 Å². The molecule has 4 rings (SSSR count). The predicted molar refractivity (Wildman–Crippen MR) is 102 cm³/mol. The molecule has 0 aliphatic rings. The van der Waals surface area contributed by atoms with Crippen LogP contribution in [0, 0.1) is 6.92 Å². The maximum atomic E-state index is 5.80. The first-order chi connectivity index (χ1) is 12.2. The Morgan fingerprint density at radius 1 is 1.16 bits per heavy atom. The number of H-pyrrole nitrogens is 1. The monoisotopic (exact) mass is 369 g/mol. The standard InChI is InChI=1S/C18H16ClN5S/c1-11-4-15-13(9-22-17(15)21-6-11)5-14-10-24-18(25-14)23-8-12-2-3-16(19)20-7-12/h2-4,6-7,9-10H,5,8H2,1H3,(H,21,22)(H,23,24). The molecule has 4 heterocycles. The highest BCUT2D eigenvalue weighted by atomic mass is 35.5. The van der Waals surface area contributed by atoms with E-state index in [0.717, 1.165) is 28.3 Å². The summed E-state index contributed by atoms with van der Waals surface area (Å²) in [6.45, 7) is 2.73. The molecular weight excluding hydrogens is 354 g/mol. The average molecular weight is 370 g/mol. The minimum absolute atomic E-state index is 0.503. The number of fused-ring (bicyclic) bond motifs is 1. The van der Waals surface area contributed by atoms with E-state index in [2.05, 4.69) is 38.2 Å². The van der Waals surface area contributed by atoms with Crippen LogP contribution in [-0.4, -0.2) is 19.9 Å². The summed E-state index contributed by atoms with van der Waals surface area (Å²) in [7, 11) is 0. The van der Waals surface area contributed by atoms with Crippen molar-refractivity contribution in [3.63, 3.8) is 0 Å². The summed E-state index contributed by atoms with van der Waals surface area (Å²) in [5, 5.41) is 5.91. The van der Waals surface area contributed by atoms with Gasteiger partial charge in [0.05, 0.1) is 0 Å². The van der Waals surface area contributed by atoms with E-state index in [-0.39, 0.29) is 0 Å². The molecule has 0 aliphatic carbocycles. The lowest BCUT2D eigenvalue weighted by atomic mass is 10.1. The average Bonchev–Trinajstić information content (AvgIpc) is 3.22.